The van der Waals surface area contributed by atoms with Gasteiger partial charge >= 0.3 is 5.97 Å². The SMILES string of the molecule is COC(=O)COc1ccc([C@H]2CCC[C@H]3CN(c4ccc(Cl)c(OC)c4)CCN32)c(C)c1C. The van der Waals surface area contributed by atoms with Crippen LogP contribution in [0.1, 0.15) is 42.0 Å². The molecule has 6 nitrogen and oxygen atoms in total. The van der Waals surface area contributed by atoms with Crippen molar-refractivity contribution in [3.63, 3.8) is 0 Å². The van der Waals surface area contributed by atoms with E-state index in [0.717, 1.165) is 48.8 Å². The smallest absolute Gasteiger partial charge is 0.343 e. The fourth-order valence-electron chi connectivity index (χ4n) is 5.19. The Balaban J connectivity index is 1.50. The Labute approximate surface area is 201 Å². The number of hydrogen-bond acceptors (Lipinski definition) is 6. The normalized spacial score (nSPS) is 20.8. The van der Waals surface area contributed by atoms with Crippen molar-refractivity contribution in [1.82, 2.24) is 4.90 Å². The molecule has 2 heterocycles. The third-order valence-corrected chi connectivity index (χ3v) is 7.47. The third-order valence-electron chi connectivity index (χ3n) is 7.15. The van der Waals surface area contributed by atoms with Crippen LogP contribution < -0.4 is 14.4 Å². The summed E-state index contributed by atoms with van der Waals surface area (Å²) in [5.74, 6) is 1.09. The average molecular weight is 473 g/mol. The molecule has 2 atom stereocenters. The molecule has 2 aliphatic rings. The minimum absolute atomic E-state index is 0.0704. The van der Waals surface area contributed by atoms with Crippen LogP contribution in [0.3, 0.4) is 0 Å². The number of hydrogen-bond donors (Lipinski definition) is 0. The van der Waals surface area contributed by atoms with Crippen molar-refractivity contribution in [2.75, 3.05) is 45.4 Å². The number of benzene rings is 2. The van der Waals surface area contributed by atoms with Crippen molar-refractivity contribution in [2.24, 2.45) is 0 Å². The maximum Gasteiger partial charge on any atom is 0.343 e. The molecule has 0 aromatic heterocycles. The summed E-state index contributed by atoms with van der Waals surface area (Å²) >= 11 is 6.23. The highest BCUT2D eigenvalue weighted by molar-refractivity contribution is 6.32. The van der Waals surface area contributed by atoms with E-state index in [1.54, 1.807) is 7.11 Å². The maximum absolute atomic E-state index is 11.5. The topological polar surface area (TPSA) is 51.2 Å². The second kappa shape index (κ2) is 10.2. The number of esters is 1. The van der Waals surface area contributed by atoms with Crippen LogP contribution in [0.2, 0.25) is 5.02 Å². The molecule has 0 aliphatic carbocycles. The van der Waals surface area contributed by atoms with E-state index in [1.165, 1.54) is 31.1 Å². The largest absolute Gasteiger partial charge is 0.495 e. The number of anilines is 1. The molecule has 0 bridgehead atoms. The molecule has 2 aromatic carbocycles. The van der Waals surface area contributed by atoms with Gasteiger partial charge in [0.2, 0.25) is 0 Å². The van der Waals surface area contributed by atoms with E-state index in [2.05, 4.69) is 35.8 Å². The first-order chi connectivity index (χ1) is 15.9. The van der Waals surface area contributed by atoms with Crippen LogP contribution in [-0.4, -0.2) is 57.4 Å². The lowest BCUT2D eigenvalue weighted by atomic mass is 9.86. The molecule has 0 saturated carbocycles. The van der Waals surface area contributed by atoms with Crippen molar-refractivity contribution in [1.29, 1.82) is 0 Å². The van der Waals surface area contributed by atoms with Crippen LogP contribution in [-0.2, 0) is 9.53 Å². The maximum atomic E-state index is 11.5. The summed E-state index contributed by atoms with van der Waals surface area (Å²) in [4.78, 5) is 16.6. The lowest BCUT2D eigenvalue weighted by Crippen LogP contribution is -2.56. The first-order valence-corrected chi connectivity index (χ1v) is 11.9. The van der Waals surface area contributed by atoms with Crippen molar-refractivity contribution < 1.29 is 19.0 Å². The van der Waals surface area contributed by atoms with Crippen molar-refractivity contribution in [3.8, 4) is 11.5 Å². The molecule has 33 heavy (non-hydrogen) atoms. The zero-order chi connectivity index (χ0) is 23.5. The van der Waals surface area contributed by atoms with E-state index in [-0.39, 0.29) is 12.6 Å². The molecule has 0 radical (unpaired) electrons. The summed E-state index contributed by atoms with van der Waals surface area (Å²) in [5, 5.41) is 0.641. The second-order valence-electron chi connectivity index (χ2n) is 8.87. The second-order valence-corrected chi connectivity index (χ2v) is 9.28. The van der Waals surface area contributed by atoms with E-state index in [4.69, 9.17) is 25.8 Å². The minimum atomic E-state index is -0.373. The van der Waals surface area contributed by atoms with Gasteiger partial charge in [-0.3, -0.25) is 4.90 Å². The molecule has 7 heteroatoms. The summed E-state index contributed by atoms with van der Waals surface area (Å²) < 4.78 is 15.8. The molecule has 4 rings (SSSR count). The van der Waals surface area contributed by atoms with Crippen molar-refractivity contribution in [2.45, 2.75) is 45.2 Å². The number of methoxy groups -OCH3 is 2. The summed E-state index contributed by atoms with van der Waals surface area (Å²) in [6.45, 7) is 7.14. The zero-order valence-corrected chi connectivity index (χ0v) is 20.7. The molecule has 2 aliphatic heterocycles. The quantitative estimate of drug-likeness (QED) is 0.555. The standard InChI is InChI=1S/C26H33ClN2O4/c1-17-18(2)24(33-16-26(30)32-4)11-9-21(17)23-7-5-6-20-15-28(12-13-29(20)23)19-8-10-22(27)25(14-19)31-3/h8-11,14,20,23H,5-7,12-13,15-16H2,1-4H3/t20-,23+/m0/s1. The number of fused-ring (bicyclic) bond motifs is 1. The Morgan fingerprint density at radius 2 is 1.88 bits per heavy atom. The molecule has 2 fully saturated rings. The lowest BCUT2D eigenvalue weighted by Gasteiger charge is -2.49. The van der Waals surface area contributed by atoms with Gasteiger partial charge in [0.05, 0.1) is 19.2 Å². The van der Waals surface area contributed by atoms with Gasteiger partial charge < -0.3 is 19.1 Å². The first-order valence-electron chi connectivity index (χ1n) is 11.6. The van der Waals surface area contributed by atoms with Gasteiger partial charge in [0, 0.05) is 43.5 Å². The van der Waals surface area contributed by atoms with Gasteiger partial charge in [-0.25, -0.2) is 4.79 Å². The van der Waals surface area contributed by atoms with E-state index < -0.39 is 0 Å². The van der Waals surface area contributed by atoms with E-state index in [1.807, 2.05) is 18.2 Å². The van der Waals surface area contributed by atoms with Crippen LogP contribution in [0.15, 0.2) is 30.3 Å². The van der Waals surface area contributed by atoms with Gasteiger partial charge in [0.25, 0.3) is 0 Å². The predicted octanol–water partition coefficient (Wildman–Crippen LogP) is 4.93. The molecule has 0 N–H and O–H groups in total. The number of ether oxygens (including phenoxy) is 3. The number of carbonyl (C=O) groups excluding carboxylic acids is 1. The molecular weight excluding hydrogens is 440 g/mol. The Morgan fingerprint density at radius 1 is 1.06 bits per heavy atom. The highest BCUT2D eigenvalue weighted by Gasteiger charge is 2.36. The number of carbonyl (C=O) groups is 1. The fourth-order valence-corrected chi connectivity index (χ4v) is 5.39. The molecule has 0 unspecified atom stereocenters. The molecule has 0 amide bonds. The van der Waals surface area contributed by atoms with Gasteiger partial charge in [-0.2, -0.15) is 0 Å². The van der Waals surface area contributed by atoms with Crippen molar-refractivity contribution >= 4 is 23.3 Å². The predicted molar refractivity (Wildman–Crippen MR) is 131 cm³/mol. The minimum Gasteiger partial charge on any atom is -0.495 e. The van der Waals surface area contributed by atoms with Crippen LogP contribution in [0, 0.1) is 13.8 Å². The summed E-state index contributed by atoms with van der Waals surface area (Å²) in [6, 6.07) is 11.1. The molecular formula is C26H33ClN2O4. The Hall–Kier alpha value is -2.44. The van der Waals surface area contributed by atoms with Crippen LogP contribution in [0.25, 0.3) is 0 Å². The van der Waals surface area contributed by atoms with Gasteiger partial charge in [0.15, 0.2) is 6.61 Å². The molecule has 178 valence electrons. The summed E-state index contributed by atoms with van der Waals surface area (Å²) in [7, 11) is 3.03. The van der Waals surface area contributed by atoms with Crippen LogP contribution >= 0.6 is 11.6 Å². The summed E-state index contributed by atoms with van der Waals surface area (Å²) in [5.41, 5.74) is 4.86. The van der Waals surface area contributed by atoms with Gasteiger partial charge in [0.1, 0.15) is 11.5 Å². The van der Waals surface area contributed by atoms with Gasteiger partial charge in [-0.1, -0.05) is 17.7 Å². The number of piperazine rings is 1. The average Bonchev–Trinajstić information content (AvgIpc) is 2.84. The Bertz CT molecular complexity index is 1010. The Kier molecular flexibility index (Phi) is 7.35. The third kappa shape index (κ3) is 4.92. The fraction of sp³-hybridized carbons (Fsp3) is 0.500. The summed E-state index contributed by atoms with van der Waals surface area (Å²) in [6.07, 6.45) is 3.58. The Morgan fingerprint density at radius 3 is 2.64 bits per heavy atom. The number of halogens is 1. The van der Waals surface area contributed by atoms with E-state index >= 15 is 0 Å². The number of piperidine rings is 1. The molecule has 0 spiro atoms. The van der Waals surface area contributed by atoms with Crippen LogP contribution in [0.5, 0.6) is 11.5 Å². The highest BCUT2D eigenvalue weighted by atomic mass is 35.5. The zero-order valence-electron chi connectivity index (χ0n) is 19.9. The number of nitrogens with zero attached hydrogens (tertiary/aromatic N) is 2. The monoisotopic (exact) mass is 472 g/mol. The highest BCUT2D eigenvalue weighted by Crippen LogP contribution is 2.40. The molecule has 2 saturated heterocycles. The van der Waals surface area contributed by atoms with E-state index in [9.17, 15) is 4.79 Å². The molecule has 2 aromatic rings. The van der Waals surface area contributed by atoms with Gasteiger partial charge in [-0.15, -0.1) is 0 Å². The van der Waals surface area contributed by atoms with Crippen molar-refractivity contribution in [3.05, 3.63) is 52.0 Å². The lowest BCUT2D eigenvalue weighted by molar-refractivity contribution is -0.142. The van der Waals surface area contributed by atoms with Crippen LogP contribution in [0.4, 0.5) is 5.69 Å². The van der Waals surface area contributed by atoms with Gasteiger partial charge in [-0.05, 0) is 68.0 Å². The van der Waals surface area contributed by atoms with E-state index in [0.29, 0.717) is 17.1 Å². The first kappa shape index (κ1) is 23.7. The number of rotatable bonds is 6.